The number of nitrogens with zero attached hydrogens (tertiary/aromatic N) is 3. The van der Waals surface area contributed by atoms with Gasteiger partial charge in [-0.1, -0.05) is 11.6 Å². The van der Waals surface area contributed by atoms with Crippen molar-refractivity contribution in [3.63, 3.8) is 0 Å². The van der Waals surface area contributed by atoms with Crippen LogP contribution in [0.5, 0.6) is 5.88 Å². The molecule has 2 aromatic rings. The van der Waals surface area contributed by atoms with Gasteiger partial charge in [0, 0.05) is 19.4 Å². The Morgan fingerprint density at radius 2 is 2.25 bits per heavy atom. The Kier molecular flexibility index (Phi) is 4.75. The van der Waals surface area contributed by atoms with Crippen molar-refractivity contribution >= 4 is 28.6 Å². The van der Waals surface area contributed by atoms with Crippen LogP contribution in [0.2, 0.25) is 5.15 Å². The normalized spacial score (nSPS) is 10.8. The van der Waals surface area contributed by atoms with E-state index in [0.717, 1.165) is 4.68 Å². The van der Waals surface area contributed by atoms with E-state index in [-0.39, 0.29) is 17.6 Å². The van der Waals surface area contributed by atoms with Gasteiger partial charge in [-0.15, -0.1) is 5.10 Å². The number of ether oxygens (including phenoxy) is 3. The van der Waals surface area contributed by atoms with Crippen molar-refractivity contribution in [3.05, 3.63) is 17.4 Å². The first-order valence-corrected chi connectivity index (χ1v) is 6.38. The number of pyridine rings is 1. The molecule has 0 amide bonds. The van der Waals surface area contributed by atoms with Crippen molar-refractivity contribution in [3.8, 4) is 5.88 Å². The van der Waals surface area contributed by atoms with Gasteiger partial charge in [-0.2, -0.15) is 4.68 Å². The third-order valence-corrected chi connectivity index (χ3v) is 2.67. The smallest absolute Gasteiger partial charge is 0.435 e. The second kappa shape index (κ2) is 6.53. The Balaban J connectivity index is 2.40. The molecule has 20 heavy (non-hydrogen) atoms. The molecular weight excluding hydrogens is 286 g/mol. The van der Waals surface area contributed by atoms with Crippen LogP contribution in [0.3, 0.4) is 0 Å². The number of aromatic nitrogens is 3. The maximum absolute atomic E-state index is 11.8. The van der Waals surface area contributed by atoms with E-state index in [1.54, 1.807) is 14.0 Å². The van der Waals surface area contributed by atoms with Crippen molar-refractivity contribution in [2.45, 2.75) is 6.92 Å². The van der Waals surface area contributed by atoms with Gasteiger partial charge in [0.15, 0.2) is 0 Å². The molecule has 0 aliphatic carbocycles. The van der Waals surface area contributed by atoms with E-state index in [0.29, 0.717) is 24.1 Å². The topological polar surface area (TPSA) is 75.5 Å². The molecule has 0 bridgehead atoms. The van der Waals surface area contributed by atoms with Crippen LogP contribution in [-0.2, 0) is 9.47 Å². The van der Waals surface area contributed by atoms with Gasteiger partial charge < -0.3 is 14.2 Å². The largest absolute Gasteiger partial charge is 0.474 e. The van der Waals surface area contributed by atoms with Gasteiger partial charge in [-0.25, -0.2) is 9.78 Å². The molecule has 0 aliphatic rings. The zero-order chi connectivity index (χ0) is 14.5. The molecule has 0 atom stereocenters. The molecule has 0 aromatic carbocycles. The molecule has 8 heteroatoms. The summed E-state index contributed by atoms with van der Waals surface area (Å²) in [7, 11) is 1.57. The van der Waals surface area contributed by atoms with Gasteiger partial charge in [-0.3, -0.25) is 0 Å². The number of fused-ring (bicyclic) bond motifs is 1. The maximum Gasteiger partial charge on any atom is 0.435 e. The fourth-order valence-corrected chi connectivity index (χ4v) is 1.76. The molecule has 7 nitrogen and oxygen atoms in total. The number of carbonyl (C=O) groups excluding carboxylic acids is 1. The van der Waals surface area contributed by atoms with E-state index in [9.17, 15) is 4.79 Å². The van der Waals surface area contributed by atoms with Crippen molar-refractivity contribution in [2.24, 2.45) is 0 Å². The van der Waals surface area contributed by atoms with Crippen LogP contribution in [0.15, 0.2) is 12.3 Å². The van der Waals surface area contributed by atoms with Gasteiger partial charge in [0.1, 0.15) is 11.8 Å². The van der Waals surface area contributed by atoms with Crippen LogP contribution in [0.25, 0.3) is 10.9 Å². The van der Waals surface area contributed by atoms with Gasteiger partial charge in [-0.05, 0) is 6.92 Å². The molecular formula is C12H14ClN3O4. The summed E-state index contributed by atoms with van der Waals surface area (Å²) in [6.07, 6.45) is 0.907. The van der Waals surface area contributed by atoms with Crippen LogP contribution < -0.4 is 4.74 Å². The van der Waals surface area contributed by atoms with Gasteiger partial charge in [0.25, 0.3) is 0 Å². The van der Waals surface area contributed by atoms with E-state index in [1.165, 1.54) is 12.3 Å². The Morgan fingerprint density at radius 1 is 1.45 bits per heavy atom. The van der Waals surface area contributed by atoms with Crippen molar-refractivity contribution in [2.75, 3.05) is 26.9 Å². The monoisotopic (exact) mass is 299 g/mol. The Morgan fingerprint density at radius 3 is 2.95 bits per heavy atom. The van der Waals surface area contributed by atoms with Gasteiger partial charge >= 0.3 is 6.09 Å². The Labute approximate surface area is 120 Å². The number of carbonyl (C=O) groups is 1. The number of rotatable bonds is 5. The molecule has 0 unspecified atom stereocenters. The standard InChI is InChI=1S/C12H14ClN3O4/c1-3-19-12(17)16-9-6-10(13)14-7-8(9)11(15-16)20-5-4-18-2/h6-7H,3-5H2,1-2H3. The molecule has 2 heterocycles. The predicted octanol–water partition coefficient (Wildman–Crippen LogP) is 2.11. The van der Waals surface area contributed by atoms with Crippen LogP contribution in [0, 0.1) is 0 Å². The van der Waals surface area contributed by atoms with E-state index in [4.69, 9.17) is 25.8 Å². The first kappa shape index (κ1) is 14.5. The second-order valence-electron chi connectivity index (χ2n) is 3.78. The van der Waals surface area contributed by atoms with Crippen LogP contribution >= 0.6 is 11.6 Å². The molecule has 2 aromatic heterocycles. The molecule has 0 spiro atoms. The molecule has 0 saturated carbocycles. The lowest BCUT2D eigenvalue weighted by molar-refractivity contribution is 0.140. The molecule has 0 radical (unpaired) electrons. The van der Waals surface area contributed by atoms with Crippen LogP contribution in [0.4, 0.5) is 4.79 Å². The molecule has 0 aliphatic heterocycles. The molecule has 0 fully saturated rings. The lowest BCUT2D eigenvalue weighted by Crippen LogP contribution is -2.15. The Bertz CT molecular complexity index is 614. The fraction of sp³-hybridized carbons (Fsp3) is 0.417. The minimum absolute atomic E-state index is 0.249. The third-order valence-electron chi connectivity index (χ3n) is 2.47. The molecule has 0 saturated heterocycles. The Hall–Kier alpha value is -1.86. The average Bonchev–Trinajstić information content (AvgIpc) is 2.77. The SMILES string of the molecule is CCOC(=O)n1nc(OCCOC)c2cnc(Cl)cc21. The van der Waals surface area contributed by atoms with E-state index in [2.05, 4.69) is 10.1 Å². The quantitative estimate of drug-likeness (QED) is 0.622. The van der Waals surface area contributed by atoms with Gasteiger partial charge in [0.2, 0.25) is 5.88 Å². The molecule has 108 valence electrons. The zero-order valence-corrected chi connectivity index (χ0v) is 11.9. The minimum atomic E-state index is -0.596. The van der Waals surface area contributed by atoms with E-state index in [1.807, 2.05) is 0 Å². The third kappa shape index (κ3) is 3.00. The summed E-state index contributed by atoms with van der Waals surface area (Å²) >= 11 is 5.84. The highest BCUT2D eigenvalue weighted by Crippen LogP contribution is 2.26. The number of halogens is 1. The summed E-state index contributed by atoms with van der Waals surface area (Å²) in [6.45, 7) is 2.69. The summed E-state index contributed by atoms with van der Waals surface area (Å²) in [5, 5.41) is 4.92. The highest BCUT2D eigenvalue weighted by Gasteiger charge is 2.18. The predicted molar refractivity (Wildman–Crippen MR) is 72.3 cm³/mol. The fourth-order valence-electron chi connectivity index (χ4n) is 1.61. The molecule has 0 N–H and O–H groups in total. The number of hydrogen-bond acceptors (Lipinski definition) is 6. The zero-order valence-electron chi connectivity index (χ0n) is 11.1. The lowest BCUT2D eigenvalue weighted by Gasteiger charge is -2.02. The summed E-state index contributed by atoms with van der Waals surface area (Å²) in [4.78, 5) is 15.8. The highest BCUT2D eigenvalue weighted by molar-refractivity contribution is 6.30. The summed E-state index contributed by atoms with van der Waals surface area (Å²) < 4.78 is 16.4. The van der Waals surface area contributed by atoms with E-state index >= 15 is 0 Å². The van der Waals surface area contributed by atoms with Crippen molar-refractivity contribution in [1.29, 1.82) is 0 Å². The highest BCUT2D eigenvalue weighted by atomic mass is 35.5. The first-order valence-electron chi connectivity index (χ1n) is 6.00. The van der Waals surface area contributed by atoms with Crippen molar-refractivity contribution in [1.82, 2.24) is 14.8 Å². The second-order valence-corrected chi connectivity index (χ2v) is 4.17. The summed E-state index contributed by atoms with van der Waals surface area (Å²) in [5.74, 6) is 0.286. The molecule has 2 rings (SSSR count). The average molecular weight is 300 g/mol. The van der Waals surface area contributed by atoms with Crippen LogP contribution in [-0.4, -0.2) is 47.8 Å². The number of hydrogen-bond donors (Lipinski definition) is 0. The lowest BCUT2D eigenvalue weighted by atomic mass is 10.3. The van der Waals surface area contributed by atoms with Crippen molar-refractivity contribution < 1.29 is 19.0 Å². The van der Waals surface area contributed by atoms with E-state index < -0.39 is 6.09 Å². The maximum atomic E-state index is 11.8. The minimum Gasteiger partial charge on any atom is -0.474 e. The van der Waals surface area contributed by atoms with Gasteiger partial charge in [0.05, 0.1) is 24.1 Å². The summed E-state index contributed by atoms with van der Waals surface area (Å²) in [5.41, 5.74) is 0.482. The summed E-state index contributed by atoms with van der Waals surface area (Å²) in [6, 6.07) is 1.53. The first-order chi connectivity index (χ1) is 9.67. The van der Waals surface area contributed by atoms with Crippen LogP contribution in [0.1, 0.15) is 6.92 Å². The number of methoxy groups -OCH3 is 1.